The Bertz CT molecular complexity index is 1480. The number of H-pyrrole nitrogens is 1. The van der Waals surface area contributed by atoms with Gasteiger partial charge in [0.25, 0.3) is 5.91 Å². The number of carbonyl (C=O) groups is 2. The maximum Gasteiger partial charge on any atom is 0.323 e. The fourth-order valence-corrected chi connectivity index (χ4v) is 6.52. The molecule has 2 heterocycles. The molecule has 2 aromatic carbocycles. The van der Waals surface area contributed by atoms with Crippen LogP contribution in [-0.4, -0.2) is 66.3 Å². The van der Waals surface area contributed by atoms with E-state index in [2.05, 4.69) is 30.5 Å². The number of nitrogens with zero attached hydrogens (tertiary/aromatic N) is 2. The molecule has 0 fully saturated rings. The van der Waals surface area contributed by atoms with Gasteiger partial charge in [-0.15, -0.1) is 0 Å². The number of carboxylic acids is 1. The Kier molecular flexibility index (Phi) is 10.2. The van der Waals surface area contributed by atoms with Crippen LogP contribution in [0.15, 0.2) is 64.9 Å². The summed E-state index contributed by atoms with van der Waals surface area (Å²) in [4.78, 5) is 36.3. The number of unbranched alkanes of at least 4 members (excludes halogenated alkanes) is 1. The van der Waals surface area contributed by atoms with Crippen LogP contribution in [0.1, 0.15) is 25.7 Å². The summed E-state index contributed by atoms with van der Waals surface area (Å²) in [5.74, 6) is -1.47. The molecular formula is C26H28Cl2N6O6S. The van der Waals surface area contributed by atoms with Crippen LogP contribution in [0, 0.1) is 0 Å². The predicted octanol–water partition coefficient (Wildman–Crippen LogP) is 3.66. The first-order valence-electron chi connectivity index (χ1n) is 12.7. The number of amides is 1. The number of aromatic amines is 1. The average Bonchev–Trinajstić information content (AvgIpc) is 3.63. The summed E-state index contributed by atoms with van der Waals surface area (Å²) in [5.41, 5.74) is 1.45. The number of carbonyl (C=O) groups excluding carboxylic acids is 1. The molecule has 12 nitrogen and oxygen atoms in total. The van der Waals surface area contributed by atoms with Gasteiger partial charge in [-0.2, -0.15) is 4.72 Å². The number of imidazole rings is 1. The van der Waals surface area contributed by atoms with Gasteiger partial charge in [-0.1, -0.05) is 58.7 Å². The molecular weight excluding hydrogens is 595 g/mol. The molecule has 1 unspecified atom stereocenters. The van der Waals surface area contributed by atoms with Crippen molar-refractivity contribution in [2.45, 2.75) is 42.7 Å². The largest absolute Gasteiger partial charge is 0.480 e. The molecule has 0 saturated heterocycles. The highest BCUT2D eigenvalue weighted by Gasteiger charge is 2.31. The van der Waals surface area contributed by atoms with Crippen LogP contribution in [0.3, 0.4) is 0 Å². The van der Waals surface area contributed by atoms with Crippen molar-refractivity contribution in [3.8, 4) is 11.1 Å². The minimum atomic E-state index is -4.48. The Hall–Kier alpha value is -3.65. The third-order valence-electron chi connectivity index (χ3n) is 6.18. The Balaban J connectivity index is 1.28. The van der Waals surface area contributed by atoms with Crippen LogP contribution in [0.2, 0.25) is 10.0 Å². The number of aromatic nitrogens is 2. The molecule has 0 bridgehead atoms. The Morgan fingerprint density at radius 3 is 2.51 bits per heavy atom. The number of halogens is 2. The standard InChI is InChI=1S/C26H28Cl2N6O6S/c27-19-12-17(16-6-2-1-3-7-16)13-20(28)23(19)41(38,39)34-22(25(36)37)15-32-24(35)21-14-18(40-33-21)8-4-5-9-29-26-30-10-11-31-26/h1-3,6-7,10-13,18,22,34H,4-5,8-9,14-15H2,(H,32,35)(H,36,37)(H2,29,30,31)/t18?,22-/m0/s1. The maximum atomic E-state index is 13.1. The summed E-state index contributed by atoms with van der Waals surface area (Å²) in [5, 5.41) is 18.6. The average molecular weight is 624 g/mol. The number of hydrogen-bond acceptors (Lipinski definition) is 8. The first-order valence-corrected chi connectivity index (χ1v) is 14.9. The van der Waals surface area contributed by atoms with E-state index in [1.165, 1.54) is 12.1 Å². The predicted molar refractivity (Wildman–Crippen MR) is 155 cm³/mol. The van der Waals surface area contributed by atoms with E-state index >= 15 is 0 Å². The highest BCUT2D eigenvalue weighted by atomic mass is 35.5. The molecule has 0 saturated carbocycles. The van der Waals surface area contributed by atoms with Crippen LogP contribution in [0.4, 0.5) is 5.95 Å². The van der Waals surface area contributed by atoms with E-state index in [0.29, 0.717) is 24.5 Å². The Labute approximate surface area is 246 Å². The number of rotatable bonds is 14. The molecule has 218 valence electrons. The second kappa shape index (κ2) is 13.8. The SMILES string of the molecule is O=C(NC[C@H](NS(=O)(=O)c1c(Cl)cc(-c2ccccc2)cc1Cl)C(=O)O)C1=NOC(CCCCNc2ncc[nH]2)C1. The van der Waals surface area contributed by atoms with Crippen molar-refractivity contribution in [3.63, 3.8) is 0 Å². The van der Waals surface area contributed by atoms with Crippen LogP contribution < -0.4 is 15.4 Å². The van der Waals surface area contributed by atoms with Crippen molar-refractivity contribution in [2.75, 3.05) is 18.4 Å². The highest BCUT2D eigenvalue weighted by molar-refractivity contribution is 7.89. The number of anilines is 1. The molecule has 0 aliphatic carbocycles. The number of nitrogens with one attached hydrogen (secondary N) is 4. The normalized spacial score (nSPS) is 15.6. The van der Waals surface area contributed by atoms with Gasteiger partial charge >= 0.3 is 5.97 Å². The molecule has 1 amide bonds. The first kappa shape index (κ1) is 30.3. The summed E-state index contributed by atoms with van der Waals surface area (Å²) in [7, 11) is -4.48. The van der Waals surface area contributed by atoms with Gasteiger partial charge in [0.2, 0.25) is 10.0 Å². The highest BCUT2D eigenvalue weighted by Crippen LogP contribution is 2.34. The molecule has 15 heteroatoms. The van der Waals surface area contributed by atoms with E-state index in [1.807, 2.05) is 18.2 Å². The lowest BCUT2D eigenvalue weighted by molar-refractivity contribution is -0.138. The minimum Gasteiger partial charge on any atom is -0.480 e. The lowest BCUT2D eigenvalue weighted by Crippen LogP contribution is -2.49. The molecule has 1 aliphatic rings. The first-order chi connectivity index (χ1) is 19.6. The van der Waals surface area contributed by atoms with E-state index in [9.17, 15) is 23.1 Å². The van der Waals surface area contributed by atoms with Gasteiger partial charge < -0.3 is 25.6 Å². The number of aliphatic carboxylic acids is 1. The van der Waals surface area contributed by atoms with Crippen molar-refractivity contribution in [2.24, 2.45) is 5.16 Å². The number of carboxylic acid groups (broad SMARTS) is 1. The zero-order chi connectivity index (χ0) is 29.4. The van der Waals surface area contributed by atoms with E-state index in [4.69, 9.17) is 28.0 Å². The smallest absolute Gasteiger partial charge is 0.323 e. The van der Waals surface area contributed by atoms with Crippen molar-refractivity contribution in [1.29, 1.82) is 0 Å². The van der Waals surface area contributed by atoms with Gasteiger partial charge in [-0.05, 0) is 42.5 Å². The summed E-state index contributed by atoms with van der Waals surface area (Å²) in [6, 6.07) is 10.2. The molecule has 2 atom stereocenters. The second-order valence-electron chi connectivity index (χ2n) is 9.19. The third kappa shape index (κ3) is 8.19. The zero-order valence-corrected chi connectivity index (χ0v) is 24.0. The number of oxime groups is 1. The fourth-order valence-electron chi connectivity index (χ4n) is 4.12. The van der Waals surface area contributed by atoms with Gasteiger partial charge in [-0.25, -0.2) is 13.4 Å². The summed E-state index contributed by atoms with van der Waals surface area (Å²) < 4.78 is 28.2. The van der Waals surface area contributed by atoms with Crippen LogP contribution >= 0.6 is 23.2 Å². The molecule has 4 rings (SSSR count). The van der Waals surface area contributed by atoms with E-state index in [-0.39, 0.29) is 28.3 Å². The monoisotopic (exact) mass is 622 g/mol. The van der Waals surface area contributed by atoms with Crippen molar-refractivity contribution < 1.29 is 28.0 Å². The molecule has 5 N–H and O–H groups in total. The Morgan fingerprint density at radius 1 is 1.12 bits per heavy atom. The van der Waals surface area contributed by atoms with E-state index in [0.717, 1.165) is 18.4 Å². The number of hydrogen-bond donors (Lipinski definition) is 5. The minimum absolute atomic E-state index is 0.0956. The van der Waals surface area contributed by atoms with E-state index in [1.54, 1.807) is 24.5 Å². The number of sulfonamides is 1. The molecule has 41 heavy (non-hydrogen) atoms. The second-order valence-corrected chi connectivity index (χ2v) is 11.7. The van der Waals surface area contributed by atoms with E-state index < -0.39 is 39.4 Å². The molecule has 1 aliphatic heterocycles. The Morgan fingerprint density at radius 2 is 1.85 bits per heavy atom. The summed E-state index contributed by atoms with van der Waals surface area (Å²) >= 11 is 12.6. The lowest BCUT2D eigenvalue weighted by atomic mass is 10.1. The van der Waals surface area contributed by atoms with Gasteiger partial charge in [0.05, 0.1) is 10.0 Å². The van der Waals surface area contributed by atoms with Gasteiger partial charge in [0.1, 0.15) is 22.8 Å². The van der Waals surface area contributed by atoms with Crippen molar-refractivity contribution in [3.05, 3.63) is 64.9 Å². The molecule has 0 spiro atoms. The van der Waals surface area contributed by atoms with Crippen LogP contribution in [-0.2, 0) is 24.4 Å². The zero-order valence-electron chi connectivity index (χ0n) is 21.6. The van der Waals surface area contributed by atoms with Crippen LogP contribution in [0.5, 0.6) is 0 Å². The molecule has 0 radical (unpaired) electrons. The summed E-state index contributed by atoms with van der Waals surface area (Å²) in [6.45, 7) is 0.168. The maximum absolute atomic E-state index is 13.1. The van der Waals surface area contributed by atoms with Crippen molar-refractivity contribution in [1.82, 2.24) is 20.0 Å². The quantitative estimate of drug-likeness (QED) is 0.169. The molecule has 1 aromatic heterocycles. The van der Waals surface area contributed by atoms with Crippen LogP contribution in [0.25, 0.3) is 11.1 Å². The third-order valence-corrected chi connectivity index (χ3v) is 8.57. The van der Waals surface area contributed by atoms with Gasteiger partial charge in [0, 0.05) is 31.9 Å². The summed E-state index contributed by atoms with van der Waals surface area (Å²) in [6.07, 6.45) is 5.69. The fraction of sp³-hybridized carbons (Fsp3) is 0.308. The topological polar surface area (TPSA) is 175 Å². The van der Waals surface area contributed by atoms with Gasteiger partial charge in [-0.3, -0.25) is 9.59 Å². The number of benzene rings is 2. The molecule has 3 aromatic rings. The van der Waals surface area contributed by atoms with Gasteiger partial charge in [0.15, 0.2) is 5.95 Å². The van der Waals surface area contributed by atoms with Crippen molar-refractivity contribution >= 4 is 56.8 Å². The lowest BCUT2D eigenvalue weighted by Gasteiger charge is -2.17.